The second-order valence-electron chi connectivity index (χ2n) is 6.73. The van der Waals surface area contributed by atoms with Crippen LogP contribution in [0.1, 0.15) is 5.56 Å². The zero-order valence-electron chi connectivity index (χ0n) is 15.4. The van der Waals surface area contributed by atoms with Crippen molar-refractivity contribution in [2.75, 3.05) is 5.32 Å². The fourth-order valence-electron chi connectivity index (χ4n) is 3.23. The summed E-state index contributed by atoms with van der Waals surface area (Å²) in [5, 5.41) is 6.74. The van der Waals surface area contributed by atoms with Crippen molar-refractivity contribution in [3.63, 3.8) is 0 Å². The van der Waals surface area contributed by atoms with Crippen LogP contribution in [0, 0.1) is 0 Å². The molecule has 1 aliphatic rings. The largest absolute Gasteiger partial charge is 0.586 e. The number of nitrogens with zero attached hydrogens (tertiary/aromatic N) is 3. The molecule has 0 aliphatic carbocycles. The number of ether oxygens (including phenoxy) is 2. The van der Waals surface area contributed by atoms with E-state index in [9.17, 15) is 13.6 Å². The van der Waals surface area contributed by atoms with Gasteiger partial charge in [-0.3, -0.25) is 4.79 Å². The van der Waals surface area contributed by atoms with Gasteiger partial charge in [0.05, 0.1) is 6.42 Å². The zero-order valence-corrected chi connectivity index (χ0v) is 15.4. The monoisotopic (exact) mass is 408 g/mol. The van der Waals surface area contributed by atoms with E-state index >= 15 is 0 Å². The first kappa shape index (κ1) is 18.0. The smallest absolute Gasteiger partial charge is 0.395 e. The number of carbonyl (C=O) groups excluding carboxylic acids is 1. The van der Waals surface area contributed by atoms with Crippen LogP contribution >= 0.6 is 0 Å². The first-order valence-corrected chi connectivity index (χ1v) is 9.04. The van der Waals surface area contributed by atoms with Crippen molar-refractivity contribution in [2.24, 2.45) is 0 Å². The summed E-state index contributed by atoms with van der Waals surface area (Å²) >= 11 is 0. The number of rotatable bonds is 4. The molecule has 5 rings (SSSR count). The average molecular weight is 408 g/mol. The molecule has 1 aliphatic heterocycles. The lowest BCUT2D eigenvalue weighted by Crippen LogP contribution is -2.25. The van der Waals surface area contributed by atoms with Crippen molar-refractivity contribution in [1.29, 1.82) is 0 Å². The van der Waals surface area contributed by atoms with Crippen molar-refractivity contribution in [2.45, 2.75) is 12.7 Å². The Bertz CT molecular complexity index is 1250. The minimum absolute atomic E-state index is 0.0714. The number of pyridine rings is 1. The highest BCUT2D eigenvalue weighted by Crippen LogP contribution is 2.42. The molecule has 150 valence electrons. The molecule has 0 bridgehead atoms. The number of halogens is 2. The van der Waals surface area contributed by atoms with E-state index in [0.29, 0.717) is 5.69 Å². The van der Waals surface area contributed by atoms with Gasteiger partial charge in [-0.25, -0.2) is 9.50 Å². The average Bonchev–Trinajstić information content (AvgIpc) is 3.29. The number of amides is 1. The van der Waals surface area contributed by atoms with Gasteiger partial charge in [-0.2, -0.15) is 5.10 Å². The lowest BCUT2D eigenvalue weighted by Gasteiger charge is -2.07. The van der Waals surface area contributed by atoms with Crippen LogP contribution in [0.4, 0.5) is 14.5 Å². The molecule has 0 radical (unpaired) electrons. The summed E-state index contributed by atoms with van der Waals surface area (Å²) in [5.74, 6) is -0.469. The van der Waals surface area contributed by atoms with Crippen LogP contribution in [-0.4, -0.2) is 26.8 Å². The SMILES string of the molecule is O=C(Cc1ccc(-c2ccn3ncnc3c2)cc1)Nc1ccc2c(c1)OC(F)(F)O2. The van der Waals surface area contributed by atoms with Crippen molar-refractivity contribution in [1.82, 2.24) is 14.6 Å². The molecule has 2 aromatic carbocycles. The summed E-state index contributed by atoms with van der Waals surface area (Å²) in [4.78, 5) is 16.5. The molecule has 0 atom stereocenters. The normalized spacial score (nSPS) is 14.1. The van der Waals surface area contributed by atoms with Gasteiger partial charge in [-0.15, -0.1) is 8.78 Å². The molecule has 0 spiro atoms. The highest BCUT2D eigenvalue weighted by Gasteiger charge is 2.43. The van der Waals surface area contributed by atoms with Gasteiger partial charge in [0.1, 0.15) is 6.33 Å². The Morgan fingerprint density at radius 3 is 2.63 bits per heavy atom. The quantitative estimate of drug-likeness (QED) is 0.554. The Morgan fingerprint density at radius 2 is 1.80 bits per heavy atom. The summed E-state index contributed by atoms with van der Waals surface area (Å²) in [6, 6.07) is 15.5. The molecule has 2 aromatic heterocycles. The van der Waals surface area contributed by atoms with Gasteiger partial charge in [-0.1, -0.05) is 24.3 Å². The van der Waals surface area contributed by atoms with Crippen molar-refractivity contribution < 1.29 is 23.0 Å². The third-order valence-electron chi connectivity index (χ3n) is 4.62. The molecule has 3 heterocycles. The van der Waals surface area contributed by atoms with E-state index in [-0.39, 0.29) is 23.8 Å². The molecule has 4 aromatic rings. The minimum Gasteiger partial charge on any atom is -0.395 e. The van der Waals surface area contributed by atoms with Crippen LogP contribution in [0.3, 0.4) is 0 Å². The molecule has 0 unspecified atom stereocenters. The van der Waals surface area contributed by atoms with E-state index in [2.05, 4.69) is 24.9 Å². The Kier molecular flexibility index (Phi) is 4.09. The van der Waals surface area contributed by atoms with Crippen LogP contribution in [0.15, 0.2) is 67.1 Å². The predicted octanol–water partition coefficient (Wildman–Crippen LogP) is 3.90. The van der Waals surface area contributed by atoms with E-state index in [0.717, 1.165) is 22.3 Å². The fraction of sp³-hybridized carbons (Fsp3) is 0.0952. The lowest BCUT2D eigenvalue weighted by atomic mass is 10.0. The standard InChI is InChI=1S/C21H14F2N4O3/c22-21(23)29-17-6-5-16(11-18(17)30-21)26-20(28)9-13-1-3-14(4-2-13)15-7-8-27-19(10-15)24-12-25-27/h1-8,10-12H,9H2,(H,26,28). The number of alkyl halides is 2. The van der Waals surface area contributed by atoms with Crippen molar-refractivity contribution in [3.8, 4) is 22.6 Å². The zero-order chi connectivity index (χ0) is 20.7. The maximum Gasteiger partial charge on any atom is 0.586 e. The van der Waals surface area contributed by atoms with Crippen LogP contribution in [0.25, 0.3) is 16.8 Å². The van der Waals surface area contributed by atoms with E-state index in [1.54, 1.807) is 4.52 Å². The number of nitrogens with one attached hydrogen (secondary N) is 1. The third-order valence-corrected chi connectivity index (χ3v) is 4.62. The Morgan fingerprint density at radius 1 is 1.00 bits per heavy atom. The van der Waals surface area contributed by atoms with Gasteiger partial charge in [0.2, 0.25) is 5.91 Å². The minimum atomic E-state index is -3.69. The van der Waals surface area contributed by atoms with Gasteiger partial charge in [-0.05, 0) is 41.0 Å². The highest BCUT2D eigenvalue weighted by atomic mass is 19.3. The maximum absolute atomic E-state index is 13.1. The first-order chi connectivity index (χ1) is 14.4. The summed E-state index contributed by atoms with van der Waals surface area (Å²) in [7, 11) is 0. The number of hydrogen-bond donors (Lipinski definition) is 1. The van der Waals surface area contributed by atoms with Crippen LogP contribution in [0.5, 0.6) is 11.5 Å². The lowest BCUT2D eigenvalue weighted by molar-refractivity contribution is -0.286. The molecule has 30 heavy (non-hydrogen) atoms. The topological polar surface area (TPSA) is 77.8 Å². The molecular formula is C21H14F2N4O3. The summed E-state index contributed by atoms with van der Waals surface area (Å²) < 4.78 is 36.6. The number of hydrogen-bond acceptors (Lipinski definition) is 5. The number of aromatic nitrogens is 3. The Hall–Kier alpha value is -4.01. The van der Waals surface area contributed by atoms with E-state index in [1.807, 2.05) is 42.6 Å². The van der Waals surface area contributed by atoms with Crippen molar-refractivity contribution in [3.05, 3.63) is 72.7 Å². The molecule has 0 saturated heterocycles. The van der Waals surface area contributed by atoms with E-state index in [4.69, 9.17) is 0 Å². The van der Waals surface area contributed by atoms with E-state index in [1.165, 1.54) is 24.5 Å². The number of anilines is 1. The first-order valence-electron chi connectivity index (χ1n) is 9.04. The molecule has 0 saturated carbocycles. The molecule has 9 heteroatoms. The molecule has 1 amide bonds. The van der Waals surface area contributed by atoms with E-state index < -0.39 is 6.29 Å². The molecule has 1 N–H and O–H groups in total. The second kappa shape index (κ2) is 6.80. The molecular weight excluding hydrogens is 394 g/mol. The van der Waals surface area contributed by atoms with Gasteiger partial charge >= 0.3 is 6.29 Å². The number of benzene rings is 2. The van der Waals surface area contributed by atoms with Crippen LogP contribution in [0.2, 0.25) is 0 Å². The molecule has 7 nitrogen and oxygen atoms in total. The Labute approximate surface area is 168 Å². The summed E-state index contributed by atoms with van der Waals surface area (Å²) in [6.07, 6.45) is -0.230. The number of fused-ring (bicyclic) bond motifs is 2. The van der Waals surface area contributed by atoms with Gasteiger partial charge in [0.15, 0.2) is 17.1 Å². The Balaban J connectivity index is 1.25. The second-order valence-corrected chi connectivity index (χ2v) is 6.73. The summed E-state index contributed by atoms with van der Waals surface area (Å²) in [6.45, 7) is 0. The van der Waals surface area contributed by atoms with Crippen LogP contribution < -0.4 is 14.8 Å². The van der Waals surface area contributed by atoms with Crippen LogP contribution in [-0.2, 0) is 11.2 Å². The summed E-state index contributed by atoms with van der Waals surface area (Å²) in [5.41, 5.74) is 3.88. The van der Waals surface area contributed by atoms with Crippen molar-refractivity contribution >= 4 is 17.2 Å². The number of carbonyl (C=O) groups is 1. The predicted molar refractivity (Wildman–Crippen MR) is 103 cm³/mol. The fourth-order valence-corrected chi connectivity index (χ4v) is 3.23. The molecule has 0 fully saturated rings. The highest BCUT2D eigenvalue weighted by molar-refractivity contribution is 5.92. The van der Waals surface area contributed by atoms with Gasteiger partial charge in [0.25, 0.3) is 0 Å². The van der Waals surface area contributed by atoms with Gasteiger partial charge in [0, 0.05) is 18.0 Å². The van der Waals surface area contributed by atoms with Gasteiger partial charge < -0.3 is 14.8 Å². The third kappa shape index (κ3) is 3.52. The maximum atomic E-state index is 13.1.